The number of carbonyl (C=O) groups is 1. The highest BCUT2D eigenvalue weighted by atomic mass is 16.1. The van der Waals surface area contributed by atoms with E-state index < -0.39 is 0 Å². The summed E-state index contributed by atoms with van der Waals surface area (Å²) in [6.07, 6.45) is 8.24. The first-order valence-electron chi connectivity index (χ1n) is 9.26. The molecule has 30 heavy (non-hydrogen) atoms. The summed E-state index contributed by atoms with van der Waals surface area (Å²) in [7, 11) is 0. The minimum atomic E-state index is -0.225. The number of nitrogens with two attached hydrogens (primary N) is 1. The second kappa shape index (κ2) is 8.78. The van der Waals surface area contributed by atoms with Gasteiger partial charge < -0.3 is 11.1 Å². The molecule has 0 saturated heterocycles. The quantitative estimate of drug-likeness (QED) is 0.480. The Kier molecular flexibility index (Phi) is 5.56. The minimum absolute atomic E-state index is 0.225. The monoisotopic (exact) mass is 397 g/mol. The van der Waals surface area contributed by atoms with Crippen molar-refractivity contribution in [2.24, 2.45) is 0 Å². The number of nitrogen functional groups attached to an aromatic ring is 1. The normalized spacial score (nSPS) is 10.4. The van der Waals surface area contributed by atoms with Gasteiger partial charge in [0.25, 0.3) is 5.91 Å². The molecule has 0 aliphatic rings. The highest BCUT2D eigenvalue weighted by Crippen LogP contribution is 2.22. The maximum atomic E-state index is 12.5. The largest absolute Gasteiger partial charge is 0.397 e. The molecule has 4 rings (SSSR count). The molecule has 148 valence electrons. The van der Waals surface area contributed by atoms with Crippen molar-refractivity contribution in [2.45, 2.75) is 6.54 Å². The molecular formula is C22H19N7O. The number of hydrogen-bond acceptors (Lipinski definition) is 7. The van der Waals surface area contributed by atoms with Gasteiger partial charge >= 0.3 is 0 Å². The second-order valence-corrected chi connectivity index (χ2v) is 6.44. The Morgan fingerprint density at radius 3 is 2.37 bits per heavy atom. The number of amides is 1. The van der Waals surface area contributed by atoms with Crippen molar-refractivity contribution in [3.05, 3.63) is 96.7 Å². The van der Waals surface area contributed by atoms with Gasteiger partial charge in [-0.2, -0.15) is 0 Å². The Hall–Kier alpha value is -4.33. The van der Waals surface area contributed by atoms with Crippen LogP contribution in [0.25, 0.3) is 0 Å². The van der Waals surface area contributed by atoms with E-state index in [2.05, 4.69) is 25.3 Å². The van der Waals surface area contributed by atoms with Crippen LogP contribution < -0.4 is 16.0 Å². The first kappa shape index (κ1) is 19.0. The van der Waals surface area contributed by atoms with Gasteiger partial charge in [-0.25, -0.2) is 15.0 Å². The molecule has 2 heterocycles. The predicted octanol–water partition coefficient (Wildman–Crippen LogP) is 3.44. The molecule has 2 aromatic heterocycles. The van der Waals surface area contributed by atoms with Crippen LogP contribution >= 0.6 is 0 Å². The van der Waals surface area contributed by atoms with Crippen LogP contribution in [-0.4, -0.2) is 25.8 Å². The van der Waals surface area contributed by atoms with Crippen molar-refractivity contribution in [1.29, 1.82) is 0 Å². The van der Waals surface area contributed by atoms with Crippen molar-refractivity contribution in [2.75, 3.05) is 16.0 Å². The van der Waals surface area contributed by atoms with E-state index in [-0.39, 0.29) is 5.91 Å². The third-order valence-corrected chi connectivity index (χ3v) is 4.39. The third-order valence-electron chi connectivity index (χ3n) is 4.39. The fourth-order valence-corrected chi connectivity index (χ4v) is 2.86. The number of carbonyl (C=O) groups excluding carboxylic acids is 1. The zero-order chi connectivity index (χ0) is 20.8. The summed E-state index contributed by atoms with van der Waals surface area (Å²) in [5.41, 5.74) is 8.49. The molecule has 8 heteroatoms. The summed E-state index contributed by atoms with van der Waals surface area (Å²) in [5.74, 6) is 0.918. The van der Waals surface area contributed by atoms with Crippen LogP contribution in [0.3, 0.4) is 0 Å². The molecule has 0 spiro atoms. The Morgan fingerprint density at radius 1 is 0.900 bits per heavy atom. The number of rotatable bonds is 6. The Labute approximate surface area is 173 Å². The Balaban J connectivity index is 1.53. The molecule has 0 bridgehead atoms. The lowest BCUT2D eigenvalue weighted by Crippen LogP contribution is -2.20. The van der Waals surface area contributed by atoms with E-state index in [1.54, 1.807) is 61.3 Å². The molecular weight excluding hydrogens is 378 g/mol. The SMILES string of the molecule is Nc1ccccc1NC(=O)c1ccc(CN(c2cnccn2)c2ncccn2)cc1. The van der Waals surface area contributed by atoms with E-state index in [0.717, 1.165) is 5.56 Å². The van der Waals surface area contributed by atoms with Gasteiger partial charge in [0.15, 0.2) is 5.82 Å². The highest BCUT2D eigenvalue weighted by Gasteiger charge is 2.15. The van der Waals surface area contributed by atoms with E-state index >= 15 is 0 Å². The lowest BCUT2D eigenvalue weighted by Gasteiger charge is -2.21. The number of aromatic nitrogens is 4. The summed E-state index contributed by atoms with van der Waals surface area (Å²) < 4.78 is 0. The Morgan fingerprint density at radius 2 is 1.67 bits per heavy atom. The molecule has 0 fully saturated rings. The summed E-state index contributed by atoms with van der Waals surface area (Å²) in [6, 6.07) is 16.2. The predicted molar refractivity (Wildman–Crippen MR) is 115 cm³/mol. The first-order chi connectivity index (χ1) is 14.7. The lowest BCUT2D eigenvalue weighted by molar-refractivity contribution is 0.102. The van der Waals surface area contributed by atoms with Crippen LogP contribution in [0.5, 0.6) is 0 Å². The van der Waals surface area contributed by atoms with Crippen LogP contribution in [-0.2, 0) is 6.54 Å². The maximum absolute atomic E-state index is 12.5. The number of nitrogens with one attached hydrogen (secondary N) is 1. The fraction of sp³-hybridized carbons (Fsp3) is 0.0455. The topological polar surface area (TPSA) is 110 Å². The molecule has 0 saturated carbocycles. The number of hydrogen-bond donors (Lipinski definition) is 2. The highest BCUT2D eigenvalue weighted by molar-refractivity contribution is 6.05. The van der Waals surface area contributed by atoms with Crippen molar-refractivity contribution in [3.8, 4) is 0 Å². The molecule has 0 aliphatic carbocycles. The molecule has 1 amide bonds. The molecule has 3 N–H and O–H groups in total. The zero-order valence-corrected chi connectivity index (χ0v) is 16.0. The van der Waals surface area contributed by atoms with Crippen LogP contribution in [0.4, 0.5) is 23.1 Å². The third kappa shape index (κ3) is 4.39. The maximum Gasteiger partial charge on any atom is 0.255 e. The van der Waals surface area contributed by atoms with Gasteiger partial charge in [-0.3, -0.25) is 14.7 Å². The van der Waals surface area contributed by atoms with Crippen molar-refractivity contribution >= 4 is 29.0 Å². The van der Waals surface area contributed by atoms with Crippen LogP contribution in [0.1, 0.15) is 15.9 Å². The van der Waals surface area contributed by atoms with Crippen LogP contribution in [0.2, 0.25) is 0 Å². The van der Waals surface area contributed by atoms with Crippen molar-refractivity contribution in [3.63, 3.8) is 0 Å². The van der Waals surface area contributed by atoms with Crippen molar-refractivity contribution in [1.82, 2.24) is 19.9 Å². The van der Waals surface area contributed by atoms with E-state index in [1.165, 1.54) is 0 Å². The van der Waals surface area contributed by atoms with Crippen LogP contribution in [0, 0.1) is 0 Å². The summed E-state index contributed by atoms with van der Waals surface area (Å²) in [6.45, 7) is 0.468. The zero-order valence-electron chi connectivity index (χ0n) is 16.0. The minimum Gasteiger partial charge on any atom is -0.397 e. The smallest absolute Gasteiger partial charge is 0.255 e. The van der Waals surface area contributed by atoms with E-state index in [4.69, 9.17) is 5.73 Å². The molecule has 0 radical (unpaired) electrons. The van der Waals surface area contributed by atoms with Gasteiger partial charge in [-0.05, 0) is 35.9 Å². The van der Waals surface area contributed by atoms with Gasteiger partial charge in [0.2, 0.25) is 5.95 Å². The lowest BCUT2D eigenvalue weighted by atomic mass is 10.1. The summed E-state index contributed by atoms with van der Waals surface area (Å²) in [5, 5.41) is 2.83. The molecule has 0 unspecified atom stereocenters. The summed E-state index contributed by atoms with van der Waals surface area (Å²) >= 11 is 0. The average molecular weight is 397 g/mol. The van der Waals surface area contributed by atoms with Crippen molar-refractivity contribution < 1.29 is 4.79 Å². The van der Waals surface area contributed by atoms with Gasteiger partial charge in [-0.1, -0.05) is 24.3 Å². The molecule has 0 aliphatic heterocycles. The van der Waals surface area contributed by atoms with Gasteiger partial charge in [-0.15, -0.1) is 0 Å². The van der Waals surface area contributed by atoms with E-state index in [0.29, 0.717) is 35.2 Å². The fourth-order valence-electron chi connectivity index (χ4n) is 2.86. The molecule has 0 atom stereocenters. The van der Waals surface area contributed by atoms with E-state index in [9.17, 15) is 4.79 Å². The molecule has 8 nitrogen and oxygen atoms in total. The Bertz CT molecular complexity index is 1080. The molecule has 4 aromatic rings. The van der Waals surface area contributed by atoms with Gasteiger partial charge in [0, 0.05) is 30.4 Å². The van der Waals surface area contributed by atoms with Gasteiger partial charge in [0.1, 0.15) is 0 Å². The van der Waals surface area contributed by atoms with Crippen LogP contribution in [0.15, 0.2) is 85.6 Å². The molecule has 2 aromatic carbocycles. The van der Waals surface area contributed by atoms with E-state index in [1.807, 2.05) is 29.2 Å². The first-order valence-corrected chi connectivity index (χ1v) is 9.26. The standard InChI is InChI=1S/C22H19N7O/c23-18-4-1-2-5-19(18)28-21(30)17-8-6-16(7-9-17)15-29(20-14-24-12-13-25-20)22-26-10-3-11-27-22/h1-14H,15,23H2,(H,28,30). The second-order valence-electron chi connectivity index (χ2n) is 6.44. The number of nitrogens with zero attached hydrogens (tertiary/aromatic N) is 5. The average Bonchev–Trinajstić information content (AvgIpc) is 2.80. The number of anilines is 4. The summed E-state index contributed by atoms with van der Waals surface area (Å²) in [4.78, 5) is 31.5. The number of benzene rings is 2. The van der Waals surface area contributed by atoms with Gasteiger partial charge in [0.05, 0.1) is 24.1 Å². The number of para-hydroxylation sites is 2.